The minimum atomic E-state index is -0.191. The van der Waals surface area contributed by atoms with Gasteiger partial charge in [-0.05, 0) is 29.8 Å². The van der Waals surface area contributed by atoms with Gasteiger partial charge >= 0.3 is 0 Å². The molecule has 23 heavy (non-hydrogen) atoms. The minimum Gasteiger partial charge on any atom is -0.336 e. The SMILES string of the molecule is FC1=Cc2ccccc2N(Cc2ccccc2)c2ccccc21. The highest BCUT2D eigenvalue weighted by atomic mass is 19.1. The van der Waals surface area contributed by atoms with E-state index in [0.29, 0.717) is 12.1 Å². The van der Waals surface area contributed by atoms with Gasteiger partial charge in [0.25, 0.3) is 0 Å². The molecule has 0 amide bonds. The van der Waals surface area contributed by atoms with E-state index in [-0.39, 0.29) is 5.83 Å². The molecule has 0 unspecified atom stereocenters. The zero-order valence-electron chi connectivity index (χ0n) is 12.6. The van der Waals surface area contributed by atoms with Gasteiger partial charge in [-0.2, -0.15) is 0 Å². The molecule has 1 aliphatic rings. The molecule has 0 N–H and O–H groups in total. The molecule has 2 heteroatoms. The number of fused-ring (bicyclic) bond motifs is 2. The fourth-order valence-corrected chi connectivity index (χ4v) is 3.05. The van der Waals surface area contributed by atoms with Crippen LogP contribution in [0.1, 0.15) is 16.7 Å². The van der Waals surface area contributed by atoms with Crippen molar-refractivity contribution in [2.45, 2.75) is 6.54 Å². The third kappa shape index (κ3) is 2.53. The van der Waals surface area contributed by atoms with Gasteiger partial charge < -0.3 is 4.90 Å². The van der Waals surface area contributed by atoms with Gasteiger partial charge in [-0.3, -0.25) is 0 Å². The molecule has 0 saturated carbocycles. The highest BCUT2D eigenvalue weighted by Crippen LogP contribution is 2.40. The van der Waals surface area contributed by atoms with Gasteiger partial charge in [0.2, 0.25) is 0 Å². The summed E-state index contributed by atoms with van der Waals surface area (Å²) in [5.41, 5.74) is 4.66. The van der Waals surface area contributed by atoms with Crippen LogP contribution in [0, 0.1) is 0 Å². The largest absolute Gasteiger partial charge is 0.336 e. The molecule has 0 aromatic heterocycles. The molecule has 1 nitrogen and oxygen atoms in total. The molecule has 4 rings (SSSR count). The maximum absolute atomic E-state index is 14.7. The maximum Gasteiger partial charge on any atom is 0.133 e. The van der Waals surface area contributed by atoms with Crippen molar-refractivity contribution in [1.82, 2.24) is 0 Å². The van der Waals surface area contributed by atoms with Gasteiger partial charge in [0.15, 0.2) is 0 Å². The van der Waals surface area contributed by atoms with Gasteiger partial charge in [0.05, 0.1) is 5.69 Å². The van der Waals surface area contributed by atoms with Crippen LogP contribution < -0.4 is 4.90 Å². The van der Waals surface area contributed by atoms with Gasteiger partial charge in [0, 0.05) is 23.4 Å². The summed E-state index contributed by atoms with van der Waals surface area (Å²) in [4.78, 5) is 2.18. The van der Waals surface area contributed by atoms with Crippen LogP contribution in [0.15, 0.2) is 78.9 Å². The molecule has 0 radical (unpaired) electrons. The lowest BCUT2D eigenvalue weighted by molar-refractivity contribution is 0.765. The molecular formula is C21H16FN. The van der Waals surface area contributed by atoms with Crippen molar-refractivity contribution >= 4 is 23.3 Å². The topological polar surface area (TPSA) is 3.24 Å². The van der Waals surface area contributed by atoms with E-state index in [1.807, 2.05) is 66.7 Å². The first-order valence-electron chi connectivity index (χ1n) is 7.70. The van der Waals surface area contributed by atoms with Crippen LogP contribution in [0.3, 0.4) is 0 Å². The summed E-state index contributed by atoms with van der Waals surface area (Å²) in [7, 11) is 0. The van der Waals surface area contributed by atoms with Gasteiger partial charge in [-0.15, -0.1) is 0 Å². The summed E-state index contributed by atoms with van der Waals surface area (Å²) in [6.45, 7) is 0.704. The number of anilines is 2. The van der Waals surface area contributed by atoms with E-state index in [4.69, 9.17) is 0 Å². The fraction of sp³-hybridized carbons (Fsp3) is 0.0476. The lowest BCUT2D eigenvalue weighted by Gasteiger charge is -2.27. The molecule has 1 aliphatic heterocycles. The van der Waals surface area contributed by atoms with E-state index in [1.165, 1.54) is 5.56 Å². The molecular weight excluding hydrogens is 285 g/mol. The second-order valence-corrected chi connectivity index (χ2v) is 5.64. The first kappa shape index (κ1) is 13.8. The molecule has 0 atom stereocenters. The Labute approximate surface area is 135 Å². The molecule has 0 fully saturated rings. The van der Waals surface area contributed by atoms with Crippen molar-refractivity contribution < 1.29 is 4.39 Å². The van der Waals surface area contributed by atoms with E-state index >= 15 is 0 Å². The van der Waals surface area contributed by atoms with Crippen LogP contribution in [0.25, 0.3) is 11.9 Å². The number of benzene rings is 3. The number of rotatable bonds is 2. The van der Waals surface area contributed by atoms with Crippen LogP contribution >= 0.6 is 0 Å². The zero-order valence-corrected chi connectivity index (χ0v) is 12.6. The smallest absolute Gasteiger partial charge is 0.133 e. The summed E-state index contributed by atoms with van der Waals surface area (Å²) in [5, 5.41) is 0. The predicted octanol–water partition coefficient (Wildman–Crippen LogP) is 5.81. The molecule has 3 aromatic rings. The molecule has 0 bridgehead atoms. The number of hydrogen-bond acceptors (Lipinski definition) is 1. The van der Waals surface area contributed by atoms with Gasteiger partial charge in [-0.25, -0.2) is 4.39 Å². The van der Waals surface area contributed by atoms with Crippen molar-refractivity contribution in [3.05, 3.63) is 95.6 Å². The van der Waals surface area contributed by atoms with Crippen LogP contribution in [-0.4, -0.2) is 0 Å². The summed E-state index contributed by atoms with van der Waals surface area (Å²) < 4.78 is 14.7. The van der Waals surface area contributed by atoms with E-state index in [2.05, 4.69) is 17.0 Å². The Morgan fingerprint density at radius 2 is 1.35 bits per heavy atom. The highest BCUT2D eigenvalue weighted by Gasteiger charge is 2.21. The van der Waals surface area contributed by atoms with Gasteiger partial charge in [0.1, 0.15) is 5.83 Å². The number of para-hydroxylation sites is 2. The average Bonchev–Trinajstić information content (AvgIpc) is 2.72. The van der Waals surface area contributed by atoms with Crippen LogP contribution in [0.2, 0.25) is 0 Å². The Balaban J connectivity index is 1.90. The molecule has 112 valence electrons. The highest BCUT2D eigenvalue weighted by molar-refractivity contribution is 5.92. The first-order chi connectivity index (χ1) is 11.3. The lowest BCUT2D eigenvalue weighted by Crippen LogP contribution is -2.17. The minimum absolute atomic E-state index is 0.191. The number of nitrogens with zero attached hydrogens (tertiary/aromatic N) is 1. The molecule has 3 aromatic carbocycles. The van der Waals surface area contributed by atoms with E-state index in [0.717, 1.165) is 16.9 Å². The predicted molar refractivity (Wildman–Crippen MR) is 94.1 cm³/mol. The lowest BCUT2D eigenvalue weighted by atomic mass is 10.1. The fourth-order valence-electron chi connectivity index (χ4n) is 3.05. The Hall–Kier alpha value is -2.87. The third-order valence-electron chi connectivity index (χ3n) is 4.15. The van der Waals surface area contributed by atoms with E-state index in [1.54, 1.807) is 6.08 Å². The van der Waals surface area contributed by atoms with Crippen molar-refractivity contribution in [2.75, 3.05) is 4.90 Å². The first-order valence-corrected chi connectivity index (χ1v) is 7.70. The molecule has 1 heterocycles. The van der Waals surface area contributed by atoms with Crippen LogP contribution in [0.4, 0.5) is 15.8 Å². The molecule has 0 saturated heterocycles. The van der Waals surface area contributed by atoms with Crippen molar-refractivity contribution in [3.8, 4) is 0 Å². The monoisotopic (exact) mass is 301 g/mol. The Morgan fingerprint density at radius 3 is 2.17 bits per heavy atom. The van der Waals surface area contributed by atoms with Gasteiger partial charge in [-0.1, -0.05) is 60.7 Å². The number of halogens is 1. The normalized spacial score (nSPS) is 12.9. The van der Waals surface area contributed by atoms with Crippen LogP contribution in [-0.2, 0) is 6.54 Å². The standard InChI is InChI=1S/C21H16FN/c22-19-14-17-10-4-6-12-20(17)23(15-16-8-2-1-3-9-16)21-13-7-5-11-18(19)21/h1-14H,15H2. The summed E-state index contributed by atoms with van der Waals surface area (Å²) >= 11 is 0. The summed E-state index contributed by atoms with van der Waals surface area (Å²) in [6, 6.07) is 25.9. The average molecular weight is 301 g/mol. The molecule has 0 aliphatic carbocycles. The van der Waals surface area contributed by atoms with Crippen molar-refractivity contribution in [1.29, 1.82) is 0 Å². The van der Waals surface area contributed by atoms with E-state index < -0.39 is 0 Å². The van der Waals surface area contributed by atoms with E-state index in [9.17, 15) is 4.39 Å². The zero-order chi connectivity index (χ0) is 15.6. The third-order valence-corrected chi connectivity index (χ3v) is 4.15. The summed E-state index contributed by atoms with van der Waals surface area (Å²) in [6.07, 6.45) is 1.62. The Bertz CT molecular complexity index is 868. The second kappa shape index (κ2) is 5.73. The maximum atomic E-state index is 14.7. The Kier molecular flexibility index (Phi) is 3.43. The van der Waals surface area contributed by atoms with Crippen LogP contribution in [0.5, 0.6) is 0 Å². The quantitative estimate of drug-likeness (QED) is 0.577. The number of hydrogen-bond donors (Lipinski definition) is 0. The second-order valence-electron chi connectivity index (χ2n) is 5.64. The van der Waals surface area contributed by atoms with Crippen molar-refractivity contribution in [2.24, 2.45) is 0 Å². The summed E-state index contributed by atoms with van der Waals surface area (Å²) in [5.74, 6) is -0.191. The van der Waals surface area contributed by atoms with Crippen molar-refractivity contribution in [3.63, 3.8) is 0 Å². The Morgan fingerprint density at radius 1 is 0.696 bits per heavy atom. The molecule has 0 spiro atoms.